The number of fused-ring (bicyclic) bond motifs is 1. The Kier molecular flexibility index (Phi) is 4.52. The second-order valence-electron chi connectivity index (χ2n) is 4.71. The van der Waals surface area contributed by atoms with E-state index >= 15 is 0 Å². The average Bonchev–Trinajstić information content (AvgIpc) is 2.99. The van der Waals surface area contributed by atoms with E-state index in [1.165, 1.54) is 11.8 Å². The predicted octanol–water partition coefficient (Wildman–Crippen LogP) is 2.23. The highest BCUT2D eigenvalue weighted by atomic mass is 32.2. The fourth-order valence-electron chi connectivity index (χ4n) is 2.00. The van der Waals surface area contributed by atoms with Crippen molar-refractivity contribution < 1.29 is 9.53 Å². The number of hydrogen-bond donors (Lipinski definition) is 0. The van der Waals surface area contributed by atoms with Gasteiger partial charge >= 0.3 is 5.97 Å². The SMILES string of the molecule is CCOC(=O)[C@H](C)Sc1ccc2nnc(-c3ccncc3)n2n1. The van der Waals surface area contributed by atoms with Crippen molar-refractivity contribution in [2.24, 2.45) is 0 Å². The summed E-state index contributed by atoms with van der Waals surface area (Å²) in [6.45, 7) is 3.95. The maximum atomic E-state index is 11.7. The minimum Gasteiger partial charge on any atom is -0.465 e. The van der Waals surface area contributed by atoms with Crippen LogP contribution in [0.5, 0.6) is 0 Å². The van der Waals surface area contributed by atoms with Crippen LogP contribution in [-0.2, 0) is 9.53 Å². The van der Waals surface area contributed by atoms with Gasteiger partial charge in [0, 0.05) is 18.0 Å². The Balaban J connectivity index is 1.91. The maximum absolute atomic E-state index is 11.7. The molecule has 3 aromatic rings. The first-order valence-corrected chi connectivity index (χ1v) is 8.03. The molecule has 1 atom stereocenters. The van der Waals surface area contributed by atoms with E-state index < -0.39 is 0 Å². The van der Waals surface area contributed by atoms with Crippen LogP contribution in [0.1, 0.15) is 13.8 Å². The van der Waals surface area contributed by atoms with Crippen LogP contribution in [-0.4, -0.2) is 42.6 Å². The molecule has 3 heterocycles. The highest BCUT2D eigenvalue weighted by Crippen LogP contribution is 2.24. The van der Waals surface area contributed by atoms with Gasteiger partial charge in [0.2, 0.25) is 0 Å². The molecule has 0 unspecified atom stereocenters. The third-order valence-electron chi connectivity index (χ3n) is 3.09. The summed E-state index contributed by atoms with van der Waals surface area (Å²) in [4.78, 5) is 15.7. The normalized spacial score (nSPS) is 12.3. The van der Waals surface area contributed by atoms with Crippen molar-refractivity contribution in [1.29, 1.82) is 0 Å². The monoisotopic (exact) mass is 329 g/mol. The standard InChI is InChI=1S/C15H15N5O2S/c1-3-22-15(21)10(2)23-13-5-4-12-17-18-14(20(12)19-13)11-6-8-16-9-7-11/h4-10H,3H2,1-2H3/t10-/m0/s1. The fourth-order valence-corrected chi connectivity index (χ4v) is 2.81. The lowest BCUT2D eigenvalue weighted by molar-refractivity contribution is -0.142. The molecule has 0 saturated carbocycles. The number of thioether (sulfide) groups is 1. The molecule has 118 valence electrons. The number of esters is 1. The second-order valence-corrected chi connectivity index (χ2v) is 6.07. The van der Waals surface area contributed by atoms with Gasteiger partial charge in [-0.15, -0.1) is 10.2 Å². The number of pyridine rings is 1. The zero-order valence-electron chi connectivity index (χ0n) is 12.7. The van der Waals surface area contributed by atoms with E-state index in [0.717, 1.165) is 5.56 Å². The Labute approximate surface area is 137 Å². The van der Waals surface area contributed by atoms with Gasteiger partial charge < -0.3 is 4.74 Å². The van der Waals surface area contributed by atoms with Crippen molar-refractivity contribution in [2.75, 3.05) is 6.61 Å². The molecule has 0 saturated heterocycles. The molecular formula is C15H15N5O2S. The quantitative estimate of drug-likeness (QED) is 0.524. The summed E-state index contributed by atoms with van der Waals surface area (Å²) in [5, 5.41) is 13.2. The molecule has 8 heteroatoms. The number of rotatable bonds is 5. The summed E-state index contributed by atoms with van der Waals surface area (Å²) in [6, 6.07) is 7.34. The van der Waals surface area contributed by atoms with E-state index in [4.69, 9.17) is 4.74 Å². The molecule has 0 amide bonds. The van der Waals surface area contributed by atoms with Crippen LogP contribution in [0.4, 0.5) is 0 Å². The van der Waals surface area contributed by atoms with Crippen LogP contribution in [0.3, 0.4) is 0 Å². The van der Waals surface area contributed by atoms with E-state index in [-0.39, 0.29) is 11.2 Å². The average molecular weight is 329 g/mol. The fraction of sp³-hybridized carbons (Fsp3) is 0.267. The highest BCUT2D eigenvalue weighted by Gasteiger charge is 2.17. The predicted molar refractivity (Wildman–Crippen MR) is 86.0 cm³/mol. The Morgan fingerprint density at radius 3 is 2.78 bits per heavy atom. The topological polar surface area (TPSA) is 82.3 Å². The van der Waals surface area contributed by atoms with Crippen LogP contribution in [0.25, 0.3) is 17.0 Å². The van der Waals surface area contributed by atoms with Crippen molar-refractivity contribution in [2.45, 2.75) is 24.1 Å². The van der Waals surface area contributed by atoms with Crippen LogP contribution >= 0.6 is 11.8 Å². The number of hydrogen-bond acceptors (Lipinski definition) is 7. The maximum Gasteiger partial charge on any atom is 0.319 e. The largest absolute Gasteiger partial charge is 0.465 e. The van der Waals surface area contributed by atoms with Crippen molar-refractivity contribution in [1.82, 2.24) is 24.8 Å². The van der Waals surface area contributed by atoms with E-state index in [0.29, 0.717) is 23.1 Å². The lowest BCUT2D eigenvalue weighted by Crippen LogP contribution is -2.17. The van der Waals surface area contributed by atoms with Crippen LogP contribution in [0.2, 0.25) is 0 Å². The van der Waals surface area contributed by atoms with Gasteiger partial charge in [-0.05, 0) is 38.1 Å². The number of aromatic nitrogens is 5. The Morgan fingerprint density at radius 2 is 2.04 bits per heavy atom. The molecule has 7 nitrogen and oxygen atoms in total. The van der Waals surface area contributed by atoms with Gasteiger partial charge in [-0.1, -0.05) is 11.8 Å². The van der Waals surface area contributed by atoms with E-state index in [1.54, 1.807) is 30.8 Å². The summed E-state index contributed by atoms with van der Waals surface area (Å²) < 4.78 is 6.68. The molecule has 0 bridgehead atoms. The van der Waals surface area contributed by atoms with Gasteiger partial charge in [-0.25, -0.2) is 0 Å². The number of ether oxygens (including phenoxy) is 1. The first-order chi connectivity index (χ1) is 11.2. The van der Waals surface area contributed by atoms with Gasteiger partial charge in [0.25, 0.3) is 0 Å². The van der Waals surface area contributed by atoms with Crippen molar-refractivity contribution in [3.05, 3.63) is 36.7 Å². The summed E-state index contributed by atoms with van der Waals surface area (Å²) in [5.41, 5.74) is 1.52. The molecule has 0 N–H and O–H groups in total. The summed E-state index contributed by atoms with van der Waals surface area (Å²) in [5.74, 6) is 0.381. The zero-order chi connectivity index (χ0) is 16.2. The van der Waals surface area contributed by atoms with Crippen molar-refractivity contribution in [3.8, 4) is 11.4 Å². The minimum atomic E-state index is -0.333. The van der Waals surface area contributed by atoms with Gasteiger partial charge in [0.15, 0.2) is 11.5 Å². The first kappa shape index (κ1) is 15.4. The molecule has 0 aliphatic heterocycles. The number of nitrogens with zero attached hydrogens (tertiary/aromatic N) is 5. The zero-order valence-corrected chi connectivity index (χ0v) is 13.5. The van der Waals surface area contributed by atoms with Gasteiger partial charge in [0.1, 0.15) is 10.3 Å². The van der Waals surface area contributed by atoms with Gasteiger partial charge in [-0.2, -0.15) is 9.61 Å². The Morgan fingerprint density at radius 1 is 1.26 bits per heavy atom. The number of carbonyl (C=O) groups is 1. The summed E-state index contributed by atoms with van der Waals surface area (Å²) in [7, 11) is 0. The van der Waals surface area contributed by atoms with Gasteiger partial charge in [0.05, 0.1) is 6.61 Å². The van der Waals surface area contributed by atoms with Crippen LogP contribution in [0.15, 0.2) is 41.7 Å². The second kappa shape index (κ2) is 6.74. The van der Waals surface area contributed by atoms with E-state index in [2.05, 4.69) is 20.3 Å². The molecule has 0 radical (unpaired) electrons. The molecule has 0 spiro atoms. The number of carbonyl (C=O) groups excluding carboxylic acids is 1. The molecule has 3 rings (SSSR count). The molecule has 23 heavy (non-hydrogen) atoms. The lowest BCUT2D eigenvalue weighted by atomic mass is 10.2. The summed E-state index contributed by atoms with van der Waals surface area (Å²) >= 11 is 1.34. The van der Waals surface area contributed by atoms with Crippen LogP contribution < -0.4 is 0 Å². The first-order valence-electron chi connectivity index (χ1n) is 7.15. The van der Waals surface area contributed by atoms with Crippen molar-refractivity contribution in [3.63, 3.8) is 0 Å². The highest BCUT2D eigenvalue weighted by molar-refractivity contribution is 8.00. The molecule has 0 aliphatic carbocycles. The van der Waals surface area contributed by atoms with Crippen LogP contribution in [0, 0.1) is 0 Å². The smallest absolute Gasteiger partial charge is 0.319 e. The van der Waals surface area contributed by atoms with E-state index in [9.17, 15) is 4.79 Å². The molecule has 0 aromatic carbocycles. The van der Waals surface area contributed by atoms with Crippen molar-refractivity contribution >= 4 is 23.4 Å². The van der Waals surface area contributed by atoms with Gasteiger partial charge in [-0.3, -0.25) is 9.78 Å². The third kappa shape index (κ3) is 3.31. The Hall–Kier alpha value is -2.48. The molecule has 0 aliphatic rings. The molecular weight excluding hydrogens is 314 g/mol. The lowest BCUT2D eigenvalue weighted by Gasteiger charge is -2.09. The van der Waals surface area contributed by atoms with E-state index in [1.807, 2.05) is 24.3 Å². The Bertz CT molecular complexity index is 821. The summed E-state index contributed by atoms with van der Waals surface area (Å²) in [6.07, 6.45) is 3.38. The molecule has 3 aromatic heterocycles. The minimum absolute atomic E-state index is 0.252. The molecule has 0 fully saturated rings. The third-order valence-corrected chi connectivity index (χ3v) is 4.10.